The zero-order valence-electron chi connectivity index (χ0n) is 19.2. The van der Waals surface area contributed by atoms with E-state index in [4.69, 9.17) is 14.8 Å². The zero-order valence-corrected chi connectivity index (χ0v) is 19.2. The first-order chi connectivity index (χ1) is 16.5. The van der Waals surface area contributed by atoms with E-state index in [-0.39, 0.29) is 5.91 Å². The Balaban J connectivity index is 1.63. The zero-order chi connectivity index (χ0) is 23.7. The van der Waals surface area contributed by atoms with Gasteiger partial charge in [0.1, 0.15) is 11.8 Å². The molecule has 1 atom stereocenters. The predicted molar refractivity (Wildman–Crippen MR) is 133 cm³/mol. The fourth-order valence-corrected chi connectivity index (χ4v) is 4.17. The van der Waals surface area contributed by atoms with E-state index in [0.29, 0.717) is 28.8 Å². The van der Waals surface area contributed by atoms with Gasteiger partial charge in [-0.1, -0.05) is 66.2 Å². The molecule has 1 unspecified atom stereocenters. The summed E-state index contributed by atoms with van der Waals surface area (Å²) in [5, 5.41) is 11.1. The second kappa shape index (κ2) is 8.86. The van der Waals surface area contributed by atoms with Crippen LogP contribution in [-0.2, 0) is 4.79 Å². The van der Waals surface area contributed by atoms with E-state index in [9.17, 15) is 4.79 Å². The van der Waals surface area contributed by atoms with E-state index >= 15 is 0 Å². The number of ether oxygens (including phenoxy) is 1. The van der Waals surface area contributed by atoms with Gasteiger partial charge in [-0.25, -0.2) is 4.68 Å². The predicted octanol–water partition coefficient (Wildman–Crippen LogP) is 5.19. The van der Waals surface area contributed by atoms with Crippen molar-refractivity contribution in [3.8, 4) is 17.1 Å². The Labute approximate surface area is 198 Å². The van der Waals surface area contributed by atoms with E-state index in [1.807, 2.05) is 92.7 Å². The number of benzene rings is 3. The number of allylic oxidation sites excluding steroid dienone is 1. The number of nitrogens with one attached hydrogen (secondary N) is 2. The normalized spacial score (nSPS) is 14.9. The lowest BCUT2D eigenvalue weighted by molar-refractivity contribution is -0.113. The molecule has 1 aromatic heterocycles. The van der Waals surface area contributed by atoms with Crippen molar-refractivity contribution in [2.45, 2.75) is 19.9 Å². The van der Waals surface area contributed by atoms with Crippen LogP contribution in [0.2, 0.25) is 0 Å². The van der Waals surface area contributed by atoms with Crippen LogP contribution >= 0.6 is 0 Å². The summed E-state index contributed by atoms with van der Waals surface area (Å²) in [7, 11) is 1.63. The maximum atomic E-state index is 13.6. The van der Waals surface area contributed by atoms with Gasteiger partial charge in [-0.05, 0) is 32.0 Å². The molecule has 7 nitrogen and oxygen atoms in total. The summed E-state index contributed by atoms with van der Waals surface area (Å²) in [5.74, 6) is 1.61. The minimum absolute atomic E-state index is 0.217. The number of hydrogen-bond acceptors (Lipinski definition) is 5. The summed E-state index contributed by atoms with van der Waals surface area (Å²) >= 11 is 0. The van der Waals surface area contributed by atoms with Crippen molar-refractivity contribution in [2.75, 3.05) is 17.7 Å². The highest BCUT2D eigenvalue weighted by Crippen LogP contribution is 2.40. The molecule has 0 aliphatic carbocycles. The van der Waals surface area contributed by atoms with Crippen LogP contribution in [0.1, 0.15) is 24.1 Å². The summed E-state index contributed by atoms with van der Waals surface area (Å²) in [6.07, 6.45) is 0. The van der Waals surface area contributed by atoms with Crippen LogP contribution in [0.3, 0.4) is 0 Å². The fraction of sp³-hybridized carbons (Fsp3) is 0.148. The Morgan fingerprint density at radius 3 is 2.41 bits per heavy atom. The number of aromatic nitrogens is 3. The lowest BCUT2D eigenvalue weighted by Gasteiger charge is -2.29. The van der Waals surface area contributed by atoms with Crippen LogP contribution in [0.4, 0.5) is 11.6 Å². The van der Waals surface area contributed by atoms with Crippen molar-refractivity contribution in [1.29, 1.82) is 0 Å². The smallest absolute Gasteiger partial charge is 0.255 e. The maximum absolute atomic E-state index is 13.6. The van der Waals surface area contributed by atoms with Gasteiger partial charge in [0.25, 0.3) is 5.91 Å². The average Bonchev–Trinajstić information content (AvgIpc) is 3.27. The lowest BCUT2D eigenvalue weighted by atomic mass is 9.94. The number of carbonyl (C=O) groups is 1. The van der Waals surface area contributed by atoms with Crippen molar-refractivity contribution in [2.24, 2.45) is 0 Å². The largest absolute Gasteiger partial charge is 0.496 e. The lowest BCUT2D eigenvalue weighted by Crippen LogP contribution is -2.31. The highest BCUT2D eigenvalue weighted by atomic mass is 16.5. The number of anilines is 2. The monoisotopic (exact) mass is 451 g/mol. The van der Waals surface area contributed by atoms with E-state index in [2.05, 4.69) is 10.6 Å². The van der Waals surface area contributed by atoms with Crippen LogP contribution < -0.4 is 15.4 Å². The van der Waals surface area contributed by atoms with Gasteiger partial charge >= 0.3 is 0 Å². The van der Waals surface area contributed by atoms with Gasteiger partial charge in [0, 0.05) is 22.5 Å². The van der Waals surface area contributed by atoms with Gasteiger partial charge in [0.2, 0.25) is 5.95 Å². The van der Waals surface area contributed by atoms with E-state index < -0.39 is 6.04 Å². The van der Waals surface area contributed by atoms with Crippen molar-refractivity contribution < 1.29 is 9.53 Å². The van der Waals surface area contributed by atoms with Gasteiger partial charge in [-0.3, -0.25) is 4.79 Å². The first kappa shape index (κ1) is 21.5. The van der Waals surface area contributed by atoms with Crippen LogP contribution in [0.15, 0.2) is 90.1 Å². The molecule has 7 heteroatoms. The minimum atomic E-state index is -0.525. The number of aryl methyl sites for hydroxylation is 1. The third kappa shape index (κ3) is 3.92. The van der Waals surface area contributed by atoms with Crippen LogP contribution in [-0.4, -0.2) is 27.8 Å². The summed E-state index contributed by atoms with van der Waals surface area (Å²) < 4.78 is 7.43. The summed E-state index contributed by atoms with van der Waals surface area (Å²) in [6, 6.07) is 24.6. The number of carbonyl (C=O) groups excluding carboxylic acids is 1. The molecule has 2 heterocycles. The SMILES string of the molecule is COc1ccccc1C1C(C(=O)Nc2ccccc2)=C(C)Nc2nc(-c3ccc(C)cc3)nn21. The quantitative estimate of drug-likeness (QED) is 0.436. The number of para-hydroxylation sites is 2. The number of hydrogen-bond donors (Lipinski definition) is 2. The Morgan fingerprint density at radius 2 is 1.68 bits per heavy atom. The summed E-state index contributed by atoms with van der Waals surface area (Å²) in [6.45, 7) is 3.92. The topological polar surface area (TPSA) is 81.1 Å². The Morgan fingerprint density at radius 1 is 0.971 bits per heavy atom. The molecular formula is C27H25N5O2. The molecule has 170 valence electrons. The third-order valence-corrected chi connectivity index (χ3v) is 5.87. The van der Waals surface area contributed by atoms with Crippen molar-refractivity contribution in [3.63, 3.8) is 0 Å². The second-order valence-electron chi connectivity index (χ2n) is 8.20. The van der Waals surface area contributed by atoms with Gasteiger partial charge in [-0.2, -0.15) is 4.98 Å². The van der Waals surface area contributed by atoms with Gasteiger partial charge in [0.15, 0.2) is 5.82 Å². The first-order valence-corrected chi connectivity index (χ1v) is 11.1. The van der Waals surface area contributed by atoms with Crippen molar-refractivity contribution in [1.82, 2.24) is 14.8 Å². The molecule has 2 N–H and O–H groups in total. The van der Waals surface area contributed by atoms with Crippen LogP contribution in [0.5, 0.6) is 5.75 Å². The number of methoxy groups -OCH3 is 1. The van der Waals surface area contributed by atoms with Crippen molar-refractivity contribution in [3.05, 3.63) is 101 Å². The van der Waals surface area contributed by atoms with Crippen LogP contribution in [0.25, 0.3) is 11.4 Å². The van der Waals surface area contributed by atoms with E-state index in [1.54, 1.807) is 11.8 Å². The molecule has 0 fully saturated rings. The van der Waals surface area contributed by atoms with E-state index in [1.165, 1.54) is 0 Å². The molecule has 0 spiro atoms. The number of rotatable bonds is 5. The molecule has 1 aliphatic rings. The first-order valence-electron chi connectivity index (χ1n) is 11.1. The molecular weight excluding hydrogens is 426 g/mol. The van der Waals surface area contributed by atoms with E-state index in [0.717, 1.165) is 22.4 Å². The molecule has 0 saturated carbocycles. The highest BCUT2D eigenvalue weighted by Gasteiger charge is 2.36. The van der Waals surface area contributed by atoms with Crippen LogP contribution in [0, 0.1) is 6.92 Å². The van der Waals surface area contributed by atoms with Crippen molar-refractivity contribution >= 4 is 17.5 Å². The second-order valence-corrected chi connectivity index (χ2v) is 8.20. The molecule has 1 amide bonds. The molecule has 0 saturated heterocycles. The number of fused-ring (bicyclic) bond motifs is 1. The molecule has 0 bridgehead atoms. The molecule has 1 aliphatic heterocycles. The molecule has 34 heavy (non-hydrogen) atoms. The van der Waals surface area contributed by atoms with Gasteiger partial charge < -0.3 is 15.4 Å². The molecule has 3 aromatic carbocycles. The minimum Gasteiger partial charge on any atom is -0.496 e. The Kier molecular flexibility index (Phi) is 5.59. The third-order valence-electron chi connectivity index (χ3n) is 5.87. The summed E-state index contributed by atoms with van der Waals surface area (Å²) in [4.78, 5) is 18.3. The standard InChI is InChI=1S/C27H25N5O2/c1-17-13-15-19(16-14-17)25-30-27-28-18(2)23(26(33)29-20-9-5-4-6-10-20)24(32(27)31-25)21-11-7-8-12-22(21)34-3/h4-16,24H,1-3H3,(H,29,33)(H,28,30,31). The molecule has 0 radical (unpaired) electrons. The number of amides is 1. The number of nitrogens with zero attached hydrogens (tertiary/aromatic N) is 3. The Bertz CT molecular complexity index is 1370. The van der Waals surface area contributed by atoms with Gasteiger partial charge in [-0.15, -0.1) is 5.10 Å². The molecule has 5 rings (SSSR count). The maximum Gasteiger partial charge on any atom is 0.255 e. The molecule has 4 aromatic rings. The average molecular weight is 452 g/mol. The highest BCUT2D eigenvalue weighted by molar-refractivity contribution is 6.06. The fourth-order valence-electron chi connectivity index (χ4n) is 4.17. The van der Waals surface area contributed by atoms with Gasteiger partial charge in [0.05, 0.1) is 12.7 Å². The summed E-state index contributed by atoms with van der Waals surface area (Å²) in [5.41, 5.74) is 4.86. The Hall–Kier alpha value is -4.39.